The van der Waals surface area contributed by atoms with Crippen LogP contribution in [0.1, 0.15) is 39.5 Å². The van der Waals surface area contributed by atoms with Crippen LogP contribution in [0.5, 0.6) is 0 Å². The zero-order chi connectivity index (χ0) is 7.45. The Labute approximate surface area is 64.2 Å². The van der Waals surface area contributed by atoms with Gasteiger partial charge in [-0.1, -0.05) is 20.3 Å². The van der Waals surface area contributed by atoms with E-state index < -0.39 is 0 Å². The summed E-state index contributed by atoms with van der Waals surface area (Å²) in [5, 5.41) is 3.46. The number of hydrogen-bond acceptors (Lipinski definition) is 1. The topological polar surface area (TPSA) is 12.0 Å². The minimum absolute atomic E-state index is 0.618. The number of nitrogens with one attached hydrogen (secondary N) is 1. The van der Waals surface area contributed by atoms with E-state index in [1.807, 2.05) is 0 Å². The van der Waals surface area contributed by atoms with Crippen molar-refractivity contribution in [3.05, 3.63) is 0 Å². The summed E-state index contributed by atoms with van der Waals surface area (Å²) in [6.45, 7) is 7.16. The third kappa shape index (κ3) is 1.98. The van der Waals surface area contributed by atoms with Crippen molar-refractivity contribution >= 4 is 0 Å². The molecule has 0 aliphatic carbocycles. The van der Waals surface area contributed by atoms with E-state index in [1.165, 1.54) is 38.8 Å². The summed E-state index contributed by atoms with van der Waals surface area (Å²) >= 11 is 0. The van der Waals surface area contributed by atoms with Crippen LogP contribution in [0.25, 0.3) is 0 Å². The van der Waals surface area contributed by atoms with E-state index in [0.717, 1.165) is 0 Å². The second-order valence-electron chi connectivity index (χ2n) is 3.84. The maximum Gasteiger partial charge on any atom is 0.000517 e. The molecule has 60 valence electrons. The highest BCUT2D eigenvalue weighted by atomic mass is 14.9. The highest BCUT2D eigenvalue weighted by molar-refractivity contribution is 4.80. The Balaban J connectivity index is 2.32. The summed E-state index contributed by atoms with van der Waals surface area (Å²) in [5.41, 5.74) is 0.618. The van der Waals surface area contributed by atoms with E-state index in [9.17, 15) is 0 Å². The van der Waals surface area contributed by atoms with Crippen molar-refractivity contribution in [1.82, 2.24) is 5.32 Å². The Bertz CT molecular complexity index is 87.4. The number of piperidine rings is 1. The van der Waals surface area contributed by atoms with Crippen molar-refractivity contribution < 1.29 is 0 Å². The highest BCUT2D eigenvalue weighted by Gasteiger charge is 2.24. The van der Waals surface area contributed by atoms with Crippen LogP contribution in [0.3, 0.4) is 0 Å². The Hall–Kier alpha value is -0.0400. The Morgan fingerprint density at radius 1 is 1.50 bits per heavy atom. The zero-order valence-corrected chi connectivity index (χ0v) is 7.24. The predicted molar refractivity (Wildman–Crippen MR) is 45.1 cm³/mol. The lowest BCUT2D eigenvalue weighted by Crippen LogP contribution is -2.37. The first-order chi connectivity index (χ1) is 4.77. The van der Waals surface area contributed by atoms with Gasteiger partial charge in [-0.25, -0.2) is 0 Å². The molecule has 1 N–H and O–H groups in total. The smallest absolute Gasteiger partial charge is 0.000517 e. The number of hydrogen-bond donors (Lipinski definition) is 1. The summed E-state index contributed by atoms with van der Waals surface area (Å²) in [6.07, 6.45) is 5.52. The van der Waals surface area contributed by atoms with Crippen LogP contribution in [-0.4, -0.2) is 13.1 Å². The van der Waals surface area contributed by atoms with Crippen LogP contribution in [0.2, 0.25) is 0 Å². The Morgan fingerprint density at radius 2 is 2.30 bits per heavy atom. The average Bonchev–Trinajstić information content (AvgIpc) is 1.89. The zero-order valence-electron chi connectivity index (χ0n) is 7.24. The van der Waals surface area contributed by atoms with Crippen molar-refractivity contribution in [3.8, 4) is 0 Å². The van der Waals surface area contributed by atoms with Gasteiger partial charge in [0.1, 0.15) is 0 Å². The molecule has 1 saturated heterocycles. The van der Waals surface area contributed by atoms with Crippen molar-refractivity contribution in [2.45, 2.75) is 39.5 Å². The van der Waals surface area contributed by atoms with Crippen LogP contribution < -0.4 is 5.32 Å². The Morgan fingerprint density at radius 3 is 2.80 bits per heavy atom. The second kappa shape index (κ2) is 3.38. The van der Waals surface area contributed by atoms with Gasteiger partial charge in [-0.2, -0.15) is 0 Å². The molecule has 0 aromatic heterocycles. The van der Waals surface area contributed by atoms with E-state index >= 15 is 0 Å². The van der Waals surface area contributed by atoms with Gasteiger partial charge in [0.15, 0.2) is 0 Å². The second-order valence-corrected chi connectivity index (χ2v) is 3.84. The van der Waals surface area contributed by atoms with Crippen LogP contribution in [-0.2, 0) is 0 Å². The molecular formula is C9H19N. The molecule has 0 aromatic carbocycles. The molecule has 10 heavy (non-hydrogen) atoms. The predicted octanol–water partition coefficient (Wildman–Crippen LogP) is 2.18. The largest absolute Gasteiger partial charge is 0.316 e. The van der Waals surface area contributed by atoms with Gasteiger partial charge in [0.2, 0.25) is 0 Å². The SMILES string of the molecule is CCC[C@]1(C)CCCNC1. The lowest BCUT2D eigenvalue weighted by Gasteiger charge is -2.33. The first-order valence-corrected chi connectivity index (χ1v) is 4.47. The van der Waals surface area contributed by atoms with E-state index in [2.05, 4.69) is 19.2 Å². The lowest BCUT2D eigenvalue weighted by atomic mass is 9.79. The fourth-order valence-electron chi connectivity index (χ4n) is 1.94. The summed E-state index contributed by atoms with van der Waals surface area (Å²) in [7, 11) is 0. The molecule has 1 aliphatic heterocycles. The van der Waals surface area contributed by atoms with Crippen molar-refractivity contribution in [2.75, 3.05) is 13.1 Å². The van der Waals surface area contributed by atoms with Gasteiger partial charge in [0.05, 0.1) is 0 Å². The third-order valence-corrected chi connectivity index (χ3v) is 2.54. The van der Waals surface area contributed by atoms with Gasteiger partial charge in [-0.3, -0.25) is 0 Å². The molecule has 1 nitrogen and oxygen atoms in total. The summed E-state index contributed by atoms with van der Waals surface area (Å²) in [5.74, 6) is 0. The monoisotopic (exact) mass is 141 g/mol. The van der Waals surface area contributed by atoms with Crippen molar-refractivity contribution in [2.24, 2.45) is 5.41 Å². The first kappa shape index (κ1) is 8.06. The van der Waals surface area contributed by atoms with Gasteiger partial charge in [-0.05, 0) is 31.2 Å². The van der Waals surface area contributed by atoms with Gasteiger partial charge in [0.25, 0.3) is 0 Å². The molecule has 1 atom stereocenters. The van der Waals surface area contributed by atoms with Crippen molar-refractivity contribution in [1.29, 1.82) is 0 Å². The van der Waals surface area contributed by atoms with E-state index in [0.29, 0.717) is 5.41 Å². The normalized spacial score (nSPS) is 34.2. The minimum atomic E-state index is 0.618. The molecule has 0 amide bonds. The van der Waals surface area contributed by atoms with Crippen LogP contribution in [0, 0.1) is 5.41 Å². The summed E-state index contributed by atoms with van der Waals surface area (Å²) < 4.78 is 0. The van der Waals surface area contributed by atoms with Crippen molar-refractivity contribution in [3.63, 3.8) is 0 Å². The van der Waals surface area contributed by atoms with Gasteiger partial charge in [0, 0.05) is 6.54 Å². The standard InChI is InChI=1S/C9H19N/c1-3-5-9(2)6-4-7-10-8-9/h10H,3-8H2,1-2H3/t9-/m1/s1. The molecule has 1 heterocycles. The molecule has 0 spiro atoms. The molecule has 0 aromatic rings. The van der Waals surface area contributed by atoms with Gasteiger partial charge in [-0.15, -0.1) is 0 Å². The van der Waals surface area contributed by atoms with Crippen LogP contribution >= 0.6 is 0 Å². The van der Waals surface area contributed by atoms with E-state index in [1.54, 1.807) is 0 Å². The fourth-order valence-corrected chi connectivity index (χ4v) is 1.94. The summed E-state index contributed by atoms with van der Waals surface area (Å²) in [4.78, 5) is 0. The molecule has 1 fully saturated rings. The molecule has 0 unspecified atom stereocenters. The van der Waals surface area contributed by atoms with Gasteiger partial charge >= 0.3 is 0 Å². The Kier molecular flexibility index (Phi) is 2.72. The minimum Gasteiger partial charge on any atom is -0.316 e. The fraction of sp³-hybridized carbons (Fsp3) is 1.00. The van der Waals surface area contributed by atoms with Gasteiger partial charge < -0.3 is 5.32 Å². The van der Waals surface area contributed by atoms with Crippen LogP contribution in [0.4, 0.5) is 0 Å². The maximum atomic E-state index is 3.46. The lowest BCUT2D eigenvalue weighted by molar-refractivity contribution is 0.216. The molecular weight excluding hydrogens is 122 g/mol. The molecule has 1 heteroatoms. The maximum absolute atomic E-state index is 3.46. The van der Waals surface area contributed by atoms with Crippen LogP contribution in [0.15, 0.2) is 0 Å². The highest BCUT2D eigenvalue weighted by Crippen LogP contribution is 2.30. The summed E-state index contributed by atoms with van der Waals surface area (Å²) in [6, 6.07) is 0. The molecule has 0 bridgehead atoms. The van der Waals surface area contributed by atoms with E-state index in [4.69, 9.17) is 0 Å². The quantitative estimate of drug-likeness (QED) is 0.621. The third-order valence-electron chi connectivity index (χ3n) is 2.54. The first-order valence-electron chi connectivity index (χ1n) is 4.47. The van der Waals surface area contributed by atoms with E-state index in [-0.39, 0.29) is 0 Å². The molecule has 1 rings (SSSR count). The molecule has 0 radical (unpaired) electrons. The molecule has 1 aliphatic rings. The average molecular weight is 141 g/mol. The molecule has 0 saturated carbocycles. The number of rotatable bonds is 2.